The third-order valence-electron chi connectivity index (χ3n) is 4.44. The first kappa shape index (κ1) is 19.4. The Hall–Kier alpha value is -3.41. The van der Waals surface area contributed by atoms with Gasteiger partial charge < -0.3 is 15.5 Å². The zero-order chi connectivity index (χ0) is 19.9. The first-order valence-corrected chi connectivity index (χ1v) is 9.25. The molecular formula is C22H23N3O3. The number of nitrogens with one attached hydrogen (secondary N) is 2. The number of benzene rings is 2. The molecule has 0 radical (unpaired) electrons. The molecule has 6 heteroatoms. The molecule has 0 aliphatic carbocycles. The largest absolute Gasteiger partial charge is 0.347 e. The number of carbonyl (C=O) groups is 3. The second-order valence-corrected chi connectivity index (χ2v) is 6.65. The molecule has 3 rings (SSSR count). The quantitative estimate of drug-likeness (QED) is 0.760. The fourth-order valence-electron chi connectivity index (χ4n) is 3.06. The van der Waals surface area contributed by atoms with E-state index in [1.165, 1.54) is 6.92 Å². The summed E-state index contributed by atoms with van der Waals surface area (Å²) >= 11 is 0. The lowest BCUT2D eigenvalue weighted by molar-refractivity contribution is -0.122. The Morgan fingerprint density at radius 3 is 2.39 bits per heavy atom. The molecule has 0 spiro atoms. The Morgan fingerprint density at radius 2 is 1.79 bits per heavy atom. The van der Waals surface area contributed by atoms with E-state index in [2.05, 4.69) is 10.6 Å². The van der Waals surface area contributed by atoms with E-state index in [0.717, 1.165) is 29.8 Å². The number of hydrogen-bond acceptors (Lipinski definition) is 3. The number of rotatable bonds is 6. The molecule has 28 heavy (non-hydrogen) atoms. The molecule has 0 saturated carbocycles. The molecule has 2 N–H and O–H groups in total. The van der Waals surface area contributed by atoms with Crippen LogP contribution < -0.4 is 15.5 Å². The van der Waals surface area contributed by atoms with Crippen LogP contribution in [-0.4, -0.2) is 24.3 Å². The van der Waals surface area contributed by atoms with Crippen LogP contribution in [0.1, 0.15) is 30.9 Å². The summed E-state index contributed by atoms with van der Waals surface area (Å²) < 4.78 is 0. The Bertz CT molecular complexity index is 889. The van der Waals surface area contributed by atoms with Gasteiger partial charge in [-0.25, -0.2) is 0 Å². The van der Waals surface area contributed by atoms with Crippen molar-refractivity contribution in [3.63, 3.8) is 0 Å². The van der Waals surface area contributed by atoms with Crippen molar-refractivity contribution >= 4 is 29.5 Å². The lowest BCUT2D eigenvalue weighted by atomic mass is 10.1. The molecule has 2 aromatic carbocycles. The van der Waals surface area contributed by atoms with Gasteiger partial charge >= 0.3 is 0 Å². The SMILES string of the molecule is CC(=O)NC(=Cc1ccccc1)C(=O)NCc1ccc(N2CCCC2=O)cc1. The highest BCUT2D eigenvalue weighted by atomic mass is 16.2. The Morgan fingerprint density at radius 1 is 1.07 bits per heavy atom. The van der Waals surface area contributed by atoms with Crippen molar-refractivity contribution < 1.29 is 14.4 Å². The van der Waals surface area contributed by atoms with Gasteiger partial charge in [-0.1, -0.05) is 42.5 Å². The van der Waals surface area contributed by atoms with E-state index in [4.69, 9.17) is 0 Å². The summed E-state index contributed by atoms with van der Waals surface area (Å²) in [5.74, 6) is -0.526. The normalized spacial score (nSPS) is 14.1. The highest BCUT2D eigenvalue weighted by Crippen LogP contribution is 2.21. The predicted molar refractivity (Wildman–Crippen MR) is 108 cm³/mol. The van der Waals surface area contributed by atoms with Crippen LogP contribution >= 0.6 is 0 Å². The average Bonchev–Trinajstić information content (AvgIpc) is 3.12. The molecule has 2 aromatic rings. The zero-order valence-corrected chi connectivity index (χ0v) is 15.8. The molecule has 1 fully saturated rings. The Balaban J connectivity index is 1.64. The summed E-state index contributed by atoms with van der Waals surface area (Å²) in [6.45, 7) is 2.43. The molecule has 1 heterocycles. The van der Waals surface area contributed by atoms with Gasteiger partial charge in [0.1, 0.15) is 5.70 Å². The lowest BCUT2D eigenvalue weighted by Gasteiger charge is -2.16. The number of nitrogens with zero attached hydrogens (tertiary/aromatic N) is 1. The second kappa shape index (κ2) is 8.99. The van der Waals surface area contributed by atoms with Crippen molar-refractivity contribution in [3.8, 4) is 0 Å². The van der Waals surface area contributed by atoms with Crippen molar-refractivity contribution in [2.45, 2.75) is 26.3 Å². The molecule has 6 nitrogen and oxygen atoms in total. The van der Waals surface area contributed by atoms with Gasteiger partial charge in [0, 0.05) is 32.1 Å². The topological polar surface area (TPSA) is 78.5 Å². The van der Waals surface area contributed by atoms with Gasteiger partial charge in [0.25, 0.3) is 5.91 Å². The van der Waals surface area contributed by atoms with Gasteiger partial charge in [0.05, 0.1) is 0 Å². The van der Waals surface area contributed by atoms with E-state index in [9.17, 15) is 14.4 Å². The number of carbonyl (C=O) groups excluding carboxylic acids is 3. The fourth-order valence-corrected chi connectivity index (χ4v) is 3.06. The Kier molecular flexibility index (Phi) is 6.22. The summed E-state index contributed by atoms with van der Waals surface area (Å²) in [5.41, 5.74) is 2.80. The van der Waals surface area contributed by atoms with E-state index in [0.29, 0.717) is 13.0 Å². The minimum absolute atomic E-state index is 0.145. The molecular weight excluding hydrogens is 354 g/mol. The summed E-state index contributed by atoms with van der Waals surface area (Å²) in [7, 11) is 0. The predicted octanol–water partition coefficient (Wildman–Crippen LogP) is 2.61. The number of anilines is 1. The van der Waals surface area contributed by atoms with Crippen LogP contribution in [0.15, 0.2) is 60.3 Å². The van der Waals surface area contributed by atoms with Crippen molar-refractivity contribution in [2.24, 2.45) is 0 Å². The standard InChI is InChI=1S/C22H23N3O3/c1-16(26)24-20(14-17-6-3-2-4-7-17)22(28)23-15-18-9-11-19(12-10-18)25-13-5-8-21(25)27/h2-4,6-7,9-12,14H,5,8,13,15H2,1H3,(H,23,28)(H,24,26). The van der Waals surface area contributed by atoms with Crippen LogP contribution in [0.2, 0.25) is 0 Å². The number of hydrogen-bond donors (Lipinski definition) is 2. The van der Waals surface area contributed by atoms with Crippen LogP contribution in [0.5, 0.6) is 0 Å². The van der Waals surface area contributed by atoms with Gasteiger partial charge in [-0.2, -0.15) is 0 Å². The fraction of sp³-hybridized carbons (Fsp3) is 0.227. The molecule has 1 aliphatic heterocycles. The second-order valence-electron chi connectivity index (χ2n) is 6.65. The monoisotopic (exact) mass is 377 g/mol. The molecule has 144 valence electrons. The zero-order valence-electron chi connectivity index (χ0n) is 15.8. The van der Waals surface area contributed by atoms with Gasteiger partial charge in [-0.15, -0.1) is 0 Å². The molecule has 0 aromatic heterocycles. The van der Waals surface area contributed by atoms with Gasteiger partial charge in [-0.3, -0.25) is 14.4 Å². The van der Waals surface area contributed by atoms with Crippen LogP contribution in [-0.2, 0) is 20.9 Å². The van der Waals surface area contributed by atoms with Crippen molar-refractivity contribution in [2.75, 3.05) is 11.4 Å². The minimum Gasteiger partial charge on any atom is -0.347 e. The number of amides is 3. The van der Waals surface area contributed by atoms with Crippen LogP contribution in [0.25, 0.3) is 6.08 Å². The molecule has 1 saturated heterocycles. The molecule has 0 atom stereocenters. The summed E-state index contributed by atoms with van der Waals surface area (Å²) in [6, 6.07) is 16.9. The van der Waals surface area contributed by atoms with Crippen LogP contribution in [0.4, 0.5) is 5.69 Å². The highest BCUT2D eigenvalue weighted by molar-refractivity contribution is 6.00. The van der Waals surface area contributed by atoms with Crippen molar-refractivity contribution in [1.29, 1.82) is 0 Å². The van der Waals surface area contributed by atoms with Crippen LogP contribution in [0.3, 0.4) is 0 Å². The summed E-state index contributed by atoms with van der Waals surface area (Å²) in [4.78, 5) is 37.6. The summed E-state index contributed by atoms with van der Waals surface area (Å²) in [5, 5.41) is 5.40. The lowest BCUT2D eigenvalue weighted by Crippen LogP contribution is -2.33. The summed E-state index contributed by atoms with van der Waals surface area (Å²) in [6.07, 6.45) is 3.12. The first-order valence-electron chi connectivity index (χ1n) is 9.25. The third kappa shape index (κ3) is 5.07. The minimum atomic E-state index is -0.363. The molecule has 3 amide bonds. The highest BCUT2D eigenvalue weighted by Gasteiger charge is 2.21. The molecule has 1 aliphatic rings. The third-order valence-corrected chi connectivity index (χ3v) is 4.44. The first-order chi connectivity index (χ1) is 13.5. The van der Waals surface area contributed by atoms with E-state index in [1.807, 2.05) is 54.6 Å². The van der Waals surface area contributed by atoms with Crippen molar-refractivity contribution in [1.82, 2.24) is 10.6 Å². The Labute approximate surface area is 164 Å². The van der Waals surface area contributed by atoms with Gasteiger partial charge in [-0.05, 0) is 35.8 Å². The maximum atomic E-state index is 12.5. The van der Waals surface area contributed by atoms with Crippen molar-refractivity contribution in [3.05, 3.63) is 71.4 Å². The average molecular weight is 377 g/mol. The molecule has 0 bridgehead atoms. The smallest absolute Gasteiger partial charge is 0.268 e. The van der Waals surface area contributed by atoms with Gasteiger partial charge in [0.15, 0.2) is 0 Å². The van der Waals surface area contributed by atoms with E-state index < -0.39 is 0 Å². The van der Waals surface area contributed by atoms with E-state index in [-0.39, 0.29) is 23.4 Å². The maximum Gasteiger partial charge on any atom is 0.268 e. The molecule has 0 unspecified atom stereocenters. The van der Waals surface area contributed by atoms with Crippen LogP contribution in [0, 0.1) is 0 Å². The van der Waals surface area contributed by atoms with Gasteiger partial charge in [0.2, 0.25) is 11.8 Å². The van der Waals surface area contributed by atoms with E-state index >= 15 is 0 Å². The maximum absolute atomic E-state index is 12.5. The van der Waals surface area contributed by atoms with E-state index in [1.54, 1.807) is 11.0 Å².